The van der Waals surface area contributed by atoms with Crippen LogP contribution in [0.4, 0.5) is 11.4 Å². The summed E-state index contributed by atoms with van der Waals surface area (Å²) in [6.45, 7) is 5.43. The van der Waals surface area contributed by atoms with E-state index < -0.39 is 15.9 Å². The number of amides is 1. The SMILES string of the molecule is Cc1ccc(S(=O)(=O)N(CC(=O)Nc2cc(C)cc(C)c2)c2ccc(Br)cc2)cc1. The van der Waals surface area contributed by atoms with Gasteiger partial charge in [0.2, 0.25) is 5.91 Å². The van der Waals surface area contributed by atoms with Crippen molar-refractivity contribution in [1.29, 1.82) is 0 Å². The van der Waals surface area contributed by atoms with Crippen molar-refractivity contribution in [2.45, 2.75) is 25.7 Å². The van der Waals surface area contributed by atoms with Crippen LogP contribution in [0.25, 0.3) is 0 Å². The van der Waals surface area contributed by atoms with Gasteiger partial charge in [-0.1, -0.05) is 39.7 Å². The molecule has 156 valence electrons. The predicted molar refractivity (Wildman–Crippen MR) is 124 cm³/mol. The fourth-order valence-corrected chi connectivity index (χ4v) is 4.82. The highest BCUT2D eigenvalue weighted by molar-refractivity contribution is 9.10. The average molecular weight is 487 g/mol. The monoisotopic (exact) mass is 486 g/mol. The molecule has 1 amide bonds. The van der Waals surface area contributed by atoms with E-state index in [0.717, 1.165) is 25.5 Å². The molecule has 0 unspecified atom stereocenters. The lowest BCUT2D eigenvalue weighted by Gasteiger charge is -2.24. The van der Waals surface area contributed by atoms with Crippen LogP contribution in [-0.4, -0.2) is 20.9 Å². The summed E-state index contributed by atoms with van der Waals surface area (Å²) >= 11 is 3.36. The molecule has 0 aliphatic heterocycles. The van der Waals surface area contributed by atoms with Gasteiger partial charge in [0.25, 0.3) is 10.0 Å². The van der Waals surface area contributed by atoms with E-state index in [0.29, 0.717) is 11.4 Å². The van der Waals surface area contributed by atoms with Crippen molar-refractivity contribution < 1.29 is 13.2 Å². The number of nitrogens with zero attached hydrogens (tertiary/aromatic N) is 1. The molecule has 1 N–H and O–H groups in total. The highest BCUT2D eigenvalue weighted by atomic mass is 79.9. The fourth-order valence-electron chi connectivity index (χ4n) is 3.14. The van der Waals surface area contributed by atoms with Crippen molar-refractivity contribution in [3.8, 4) is 0 Å². The van der Waals surface area contributed by atoms with Gasteiger partial charge >= 0.3 is 0 Å². The van der Waals surface area contributed by atoms with Crippen molar-refractivity contribution >= 4 is 43.2 Å². The number of hydrogen-bond acceptors (Lipinski definition) is 3. The summed E-state index contributed by atoms with van der Waals surface area (Å²) in [6.07, 6.45) is 0. The van der Waals surface area contributed by atoms with Gasteiger partial charge in [-0.15, -0.1) is 0 Å². The average Bonchev–Trinajstić information content (AvgIpc) is 2.66. The Labute approximate surface area is 185 Å². The maximum atomic E-state index is 13.4. The third-order valence-corrected chi connectivity index (χ3v) is 6.83. The van der Waals surface area contributed by atoms with Crippen molar-refractivity contribution in [3.63, 3.8) is 0 Å². The van der Waals surface area contributed by atoms with Crippen molar-refractivity contribution in [1.82, 2.24) is 0 Å². The minimum absolute atomic E-state index is 0.134. The summed E-state index contributed by atoms with van der Waals surface area (Å²) in [7, 11) is -3.93. The first-order valence-corrected chi connectivity index (χ1v) is 11.6. The van der Waals surface area contributed by atoms with Gasteiger partial charge in [0.15, 0.2) is 0 Å². The zero-order chi connectivity index (χ0) is 21.9. The normalized spacial score (nSPS) is 11.2. The molecule has 0 atom stereocenters. The van der Waals surface area contributed by atoms with Crippen LogP contribution in [0.3, 0.4) is 0 Å². The molecule has 0 aliphatic rings. The first-order chi connectivity index (χ1) is 14.1. The molecular weight excluding hydrogens is 464 g/mol. The number of carbonyl (C=O) groups is 1. The van der Waals surface area contributed by atoms with Crippen LogP contribution in [0.5, 0.6) is 0 Å². The van der Waals surface area contributed by atoms with Gasteiger partial charge in [-0.25, -0.2) is 8.42 Å². The molecule has 0 saturated carbocycles. The van der Waals surface area contributed by atoms with Gasteiger partial charge in [0, 0.05) is 10.2 Å². The highest BCUT2D eigenvalue weighted by Crippen LogP contribution is 2.26. The standard InChI is InChI=1S/C23H23BrN2O3S/c1-16-4-10-22(11-5-16)30(28,29)26(21-8-6-19(24)7-9-21)15-23(27)25-20-13-17(2)12-18(3)14-20/h4-14H,15H2,1-3H3,(H,25,27). The first kappa shape index (κ1) is 22.1. The Morgan fingerprint density at radius 1 is 0.867 bits per heavy atom. The van der Waals surface area contributed by atoms with Gasteiger partial charge in [-0.3, -0.25) is 9.10 Å². The summed E-state index contributed by atoms with van der Waals surface area (Å²) in [4.78, 5) is 12.9. The Hall–Kier alpha value is -2.64. The molecule has 0 aliphatic carbocycles. The number of anilines is 2. The zero-order valence-electron chi connectivity index (χ0n) is 17.0. The smallest absolute Gasteiger partial charge is 0.264 e. The van der Waals surface area contributed by atoms with Gasteiger partial charge in [-0.05, 0) is 80.4 Å². The molecule has 30 heavy (non-hydrogen) atoms. The van der Waals surface area contributed by atoms with Crippen molar-refractivity contribution in [2.24, 2.45) is 0 Å². The Morgan fingerprint density at radius 3 is 2.00 bits per heavy atom. The second kappa shape index (κ2) is 9.02. The maximum Gasteiger partial charge on any atom is 0.264 e. The number of sulfonamides is 1. The molecule has 3 aromatic rings. The number of halogens is 1. The molecule has 7 heteroatoms. The first-order valence-electron chi connectivity index (χ1n) is 9.38. The largest absolute Gasteiger partial charge is 0.324 e. The summed E-state index contributed by atoms with van der Waals surface area (Å²) in [5, 5.41) is 2.81. The molecule has 0 fully saturated rings. The third-order valence-electron chi connectivity index (χ3n) is 4.52. The van der Waals surface area contributed by atoms with Crippen molar-refractivity contribution in [2.75, 3.05) is 16.2 Å². The summed E-state index contributed by atoms with van der Waals surface area (Å²) < 4.78 is 28.7. The number of rotatable bonds is 6. The van der Waals surface area contributed by atoms with Crippen LogP contribution in [0.1, 0.15) is 16.7 Å². The Balaban J connectivity index is 1.94. The Kier molecular flexibility index (Phi) is 6.63. The van der Waals surface area contributed by atoms with E-state index in [1.165, 1.54) is 0 Å². The second-order valence-electron chi connectivity index (χ2n) is 7.23. The lowest BCUT2D eigenvalue weighted by Crippen LogP contribution is -2.38. The van der Waals surface area contributed by atoms with Crippen LogP contribution in [0.2, 0.25) is 0 Å². The lowest BCUT2D eigenvalue weighted by atomic mass is 10.1. The Morgan fingerprint density at radius 2 is 1.43 bits per heavy atom. The van der Waals surface area contributed by atoms with Crippen LogP contribution in [-0.2, 0) is 14.8 Å². The van der Waals surface area contributed by atoms with Gasteiger partial charge < -0.3 is 5.32 Å². The van der Waals surface area contributed by atoms with Crippen LogP contribution in [0, 0.1) is 20.8 Å². The minimum atomic E-state index is -3.93. The molecule has 0 spiro atoms. The van der Waals surface area contributed by atoms with Crippen LogP contribution < -0.4 is 9.62 Å². The molecular formula is C23H23BrN2O3S. The van der Waals surface area contributed by atoms with Gasteiger partial charge in [0.1, 0.15) is 6.54 Å². The molecule has 0 bridgehead atoms. The van der Waals surface area contributed by atoms with E-state index in [4.69, 9.17) is 0 Å². The van der Waals surface area contributed by atoms with E-state index in [2.05, 4.69) is 21.2 Å². The third kappa shape index (κ3) is 5.29. The molecule has 3 rings (SSSR count). The number of aryl methyl sites for hydroxylation is 3. The Bertz CT molecular complexity index is 1140. The number of carbonyl (C=O) groups excluding carboxylic acids is 1. The summed E-state index contributed by atoms with van der Waals surface area (Å²) in [5.41, 5.74) is 4.04. The van der Waals surface area contributed by atoms with Gasteiger partial charge in [0.05, 0.1) is 10.6 Å². The van der Waals surface area contributed by atoms with Crippen LogP contribution in [0.15, 0.2) is 76.1 Å². The predicted octanol–water partition coefficient (Wildman–Crippen LogP) is 5.21. The quantitative estimate of drug-likeness (QED) is 0.519. The van der Waals surface area contributed by atoms with E-state index in [9.17, 15) is 13.2 Å². The summed E-state index contributed by atoms with van der Waals surface area (Å²) in [6, 6.07) is 19.1. The van der Waals surface area contributed by atoms with Crippen LogP contribution >= 0.6 is 15.9 Å². The van der Waals surface area contributed by atoms with E-state index >= 15 is 0 Å². The molecule has 0 radical (unpaired) electrons. The molecule has 0 saturated heterocycles. The molecule has 5 nitrogen and oxygen atoms in total. The van der Waals surface area contributed by atoms with Crippen molar-refractivity contribution in [3.05, 3.63) is 87.9 Å². The second-order valence-corrected chi connectivity index (χ2v) is 10.0. The fraction of sp³-hybridized carbons (Fsp3) is 0.174. The number of hydrogen-bond donors (Lipinski definition) is 1. The van der Waals surface area contributed by atoms with Gasteiger partial charge in [-0.2, -0.15) is 0 Å². The van der Waals surface area contributed by atoms with E-state index in [1.807, 2.05) is 39.0 Å². The maximum absolute atomic E-state index is 13.4. The summed E-state index contributed by atoms with van der Waals surface area (Å²) in [5.74, 6) is -0.418. The minimum Gasteiger partial charge on any atom is -0.324 e. The topological polar surface area (TPSA) is 66.5 Å². The lowest BCUT2D eigenvalue weighted by molar-refractivity contribution is -0.114. The molecule has 0 heterocycles. The highest BCUT2D eigenvalue weighted by Gasteiger charge is 2.27. The van der Waals surface area contributed by atoms with E-state index in [-0.39, 0.29) is 11.4 Å². The molecule has 0 aromatic heterocycles. The number of nitrogens with one attached hydrogen (secondary N) is 1. The molecule has 3 aromatic carbocycles. The number of benzene rings is 3. The van der Waals surface area contributed by atoms with E-state index in [1.54, 1.807) is 48.5 Å². The zero-order valence-corrected chi connectivity index (χ0v) is 19.4.